The number of nitrogens with zero attached hydrogens (tertiary/aromatic N) is 1. The van der Waals surface area contributed by atoms with Gasteiger partial charge >= 0.3 is 5.97 Å². The number of likely N-dealkylation sites (N-methyl/N-ethyl adjacent to an activating group) is 1. The van der Waals surface area contributed by atoms with Gasteiger partial charge < -0.3 is 9.64 Å². The average Bonchev–Trinajstić information content (AvgIpc) is 2.39. The van der Waals surface area contributed by atoms with Crippen LogP contribution in [0.25, 0.3) is 0 Å². The Morgan fingerprint density at radius 1 is 1.33 bits per heavy atom. The van der Waals surface area contributed by atoms with Crippen LogP contribution in [0.3, 0.4) is 0 Å². The summed E-state index contributed by atoms with van der Waals surface area (Å²) in [6.07, 6.45) is 0. The quantitative estimate of drug-likeness (QED) is 0.478. The molecule has 0 unspecified atom stereocenters. The van der Waals surface area contributed by atoms with Gasteiger partial charge in [0, 0.05) is 20.0 Å². The number of ether oxygens (including phenoxy) is 1. The van der Waals surface area contributed by atoms with E-state index in [1.165, 1.54) is 5.56 Å². The van der Waals surface area contributed by atoms with Gasteiger partial charge in [-0.1, -0.05) is 36.9 Å². The number of hydrogen-bond donors (Lipinski definition) is 0. The monoisotopic (exact) mass is 269 g/mol. The first-order chi connectivity index (χ1) is 8.52. The van der Waals surface area contributed by atoms with Crippen molar-refractivity contribution in [2.75, 3.05) is 20.7 Å². The molecule has 0 N–H and O–H groups in total. The number of carbonyl (C=O) groups excluding carboxylic acids is 1. The molecule has 0 radical (unpaired) electrons. The molecule has 18 heavy (non-hydrogen) atoms. The predicted molar refractivity (Wildman–Crippen MR) is 75.5 cm³/mol. The topological polar surface area (TPSA) is 29.5 Å². The van der Waals surface area contributed by atoms with Crippen molar-refractivity contribution in [2.24, 2.45) is 0 Å². The van der Waals surface area contributed by atoms with E-state index in [9.17, 15) is 4.79 Å². The van der Waals surface area contributed by atoms with E-state index in [1.54, 1.807) is 25.9 Å². The number of carbonyl (C=O) groups is 1. The summed E-state index contributed by atoms with van der Waals surface area (Å²) >= 11 is 5.53. The summed E-state index contributed by atoms with van der Waals surface area (Å²) in [5, 5.41) is 0. The van der Waals surface area contributed by atoms with Crippen LogP contribution in [0.4, 0.5) is 0 Å². The Labute approximate surface area is 114 Å². The second-order valence-corrected chi connectivity index (χ2v) is 3.95. The molecule has 0 amide bonds. The normalized spacial score (nSPS) is 8.89. The molecule has 3 nitrogen and oxygen atoms in total. The van der Waals surface area contributed by atoms with Gasteiger partial charge in [-0.2, -0.15) is 0 Å². The molecule has 1 rings (SSSR count). The Balaban J connectivity index is 0.000000327. The lowest BCUT2D eigenvalue weighted by Crippen LogP contribution is -2.20. The van der Waals surface area contributed by atoms with Crippen LogP contribution in [0.1, 0.15) is 12.5 Å². The molecule has 4 heteroatoms. The van der Waals surface area contributed by atoms with Crippen molar-refractivity contribution in [2.45, 2.75) is 12.8 Å². The number of alkyl halides is 1. The minimum absolute atomic E-state index is 0.354. The molecule has 0 bridgehead atoms. The zero-order valence-electron chi connectivity index (χ0n) is 11.1. The van der Waals surface area contributed by atoms with E-state index >= 15 is 0 Å². The molecule has 1 aromatic rings. The molecule has 1 aromatic carbocycles. The van der Waals surface area contributed by atoms with E-state index in [0.29, 0.717) is 18.2 Å². The van der Waals surface area contributed by atoms with Crippen LogP contribution in [0.15, 0.2) is 42.6 Å². The lowest BCUT2D eigenvalue weighted by molar-refractivity contribution is -0.139. The largest absolute Gasteiger partial charge is 0.461 e. The first kappa shape index (κ1) is 16.5. The minimum Gasteiger partial charge on any atom is -0.461 e. The molecule has 0 saturated carbocycles. The van der Waals surface area contributed by atoms with E-state index in [0.717, 1.165) is 0 Å². The van der Waals surface area contributed by atoms with Crippen LogP contribution in [-0.2, 0) is 15.4 Å². The highest BCUT2D eigenvalue weighted by Crippen LogP contribution is 2.00. The van der Waals surface area contributed by atoms with E-state index in [1.807, 2.05) is 30.3 Å². The maximum absolute atomic E-state index is 10.8. The second kappa shape index (κ2) is 9.54. The van der Waals surface area contributed by atoms with Crippen LogP contribution in [0.5, 0.6) is 0 Å². The van der Waals surface area contributed by atoms with Crippen molar-refractivity contribution in [1.29, 1.82) is 0 Å². The molecule has 0 aliphatic rings. The summed E-state index contributed by atoms with van der Waals surface area (Å²) in [6.45, 7) is 5.68. The molecule has 0 spiro atoms. The number of halogens is 1. The van der Waals surface area contributed by atoms with Crippen LogP contribution in [0.2, 0.25) is 0 Å². The third-order valence-corrected chi connectivity index (χ3v) is 2.36. The summed E-state index contributed by atoms with van der Waals surface area (Å²) in [5.41, 5.74) is 1.55. The third-order valence-electron chi connectivity index (χ3n) is 2.05. The Hall–Kier alpha value is -1.48. The molecule has 0 saturated heterocycles. The van der Waals surface area contributed by atoms with Gasteiger partial charge in [0.05, 0.1) is 6.61 Å². The summed E-state index contributed by atoms with van der Waals surface area (Å²) in [5.74, 6) is 0.258. The smallest absolute Gasteiger partial charge is 0.353 e. The van der Waals surface area contributed by atoms with Crippen molar-refractivity contribution in [3.8, 4) is 0 Å². The number of hydrogen-bond acceptors (Lipinski definition) is 3. The van der Waals surface area contributed by atoms with Crippen molar-refractivity contribution in [3.63, 3.8) is 0 Å². The maximum atomic E-state index is 10.8. The maximum Gasteiger partial charge on any atom is 0.353 e. The highest BCUT2D eigenvalue weighted by atomic mass is 35.5. The first-order valence-corrected chi connectivity index (χ1v) is 6.19. The lowest BCUT2D eigenvalue weighted by atomic mass is 10.2. The van der Waals surface area contributed by atoms with Gasteiger partial charge in [0.25, 0.3) is 0 Å². The van der Waals surface area contributed by atoms with Gasteiger partial charge in [-0.15, -0.1) is 11.6 Å². The average molecular weight is 270 g/mol. The summed E-state index contributed by atoms with van der Waals surface area (Å²) in [4.78, 5) is 12.4. The summed E-state index contributed by atoms with van der Waals surface area (Å²) in [6, 6.07) is 9.96. The van der Waals surface area contributed by atoms with Gasteiger partial charge in [0.2, 0.25) is 0 Å². The van der Waals surface area contributed by atoms with Crippen LogP contribution >= 0.6 is 11.6 Å². The van der Waals surface area contributed by atoms with Crippen molar-refractivity contribution in [1.82, 2.24) is 4.90 Å². The minimum atomic E-state index is -0.354. The van der Waals surface area contributed by atoms with Gasteiger partial charge in [0.1, 0.15) is 5.70 Å². The molecule has 100 valence electrons. The van der Waals surface area contributed by atoms with Crippen molar-refractivity contribution in [3.05, 3.63) is 48.2 Å². The van der Waals surface area contributed by atoms with Gasteiger partial charge in [-0.3, -0.25) is 0 Å². The summed E-state index contributed by atoms with van der Waals surface area (Å²) in [7, 11) is 3.50. The van der Waals surface area contributed by atoms with Crippen LogP contribution < -0.4 is 0 Å². The molecular weight excluding hydrogens is 250 g/mol. The zero-order valence-corrected chi connectivity index (χ0v) is 11.9. The molecule has 0 aromatic heterocycles. The fourth-order valence-corrected chi connectivity index (χ4v) is 1.14. The molecule has 0 heterocycles. The highest BCUT2D eigenvalue weighted by molar-refractivity contribution is 6.17. The molecule has 0 aliphatic heterocycles. The van der Waals surface area contributed by atoms with Gasteiger partial charge in [-0.25, -0.2) is 4.79 Å². The van der Waals surface area contributed by atoms with Crippen LogP contribution in [-0.4, -0.2) is 31.6 Å². The van der Waals surface area contributed by atoms with Crippen LogP contribution in [0, 0.1) is 0 Å². The highest BCUT2D eigenvalue weighted by Gasteiger charge is 2.07. The second-order valence-electron chi connectivity index (χ2n) is 3.68. The van der Waals surface area contributed by atoms with E-state index in [-0.39, 0.29) is 5.97 Å². The van der Waals surface area contributed by atoms with E-state index < -0.39 is 0 Å². The SMILES string of the molecule is C=C(C(=O)OCC)N(C)C.ClCc1ccccc1. The molecule has 0 fully saturated rings. The Kier molecular flexibility index (Phi) is 8.76. The van der Waals surface area contributed by atoms with E-state index in [4.69, 9.17) is 11.6 Å². The molecule has 0 atom stereocenters. The van der Waals surface area contributed by atoms with E-state index in [2.05, 4.69) is 11.3 Å². The molecule has 0 aliphatic carbocycles. The lowest BCUT2D eigenvalue weighted by Gasteiger charge is -2.12. The predicted octanol–water partition coefficient (Wildman–Crippen LogP) is 3.05. The first-order valence-electron chi connectivity index (χ1n) is 5.66. The Bertz CT molecular complexity index is 363. The van der Waals surface area contributed by atoms with Crippen molar-refractivity contribution >= 4 is 17.6 Å². The standard InChI is InChI=1S/C7H7Cl.C7H13NO2/c8-6-7-4-2-1-3-5-7;1-5-10-7(9)6(2)8(3)4/h1-5H,6H2;2,5H2,1,3-4H3. The number of esters is 1. The fourth-order valence-electron chi connectivity index (χ4n) is 0.964. The molecular formula is C14H20ClNO2. The van der Waals surface area contributed by atoms with Gasteiger partial charge in [0.15, 0.2) is 0 Å². The third kappa shape index (κ3) is 6.97. The van der Waals surface area contributed by atoms with Crippen molar-refractivity contribution < 1.29 is 9.53 Å². The summed E-state index contributed by atoms with van der Waals surface area (Å²) < 4.78 is 4.68. The van der Waals surface area contributed by atoms with Gasteiger partial charge in [-0.05, 0) is 12.5 Å². The Morgan fingerprint density at radius 2 is 1.89 bits per heavy atom. The zero-order chi connectivity index (χ0) is 14.0. The number of benzene rings is 1. The Morgan fingerprint density at radius 3 is 2.22 bits per heavy atom. The number of rotatable bonds is 4. The fraction of sp³-hybridized carbons (Fsp3) is 0.357.